The molecule has 0 aliphatic carbocycles. The average Bonchev–Trinajstić information content (AvgIpc) is 2.62. The molecule has 8 heteroatoms. The van der Waals surface area contributed by atoms with E-state index in [1.165, 1.54) is 24.9 Å². The smallest absolute Gasteiger partial charge is 0.240 e. The van der Waals surface area contributed by atoms with Crippen LogP contribution in [0.25, 0.3) is 0 Å². The molecule has 134 valence electrons. The number of methoxy groups -OCH3 is 1. The number of amides is 1. The van der Waals surface area contributed by atoms with Crippen LogP contribution in [0.1, 0.15) is 5.56 Å². The summed E-state index contributed by atoms with van der Waals surface area (Å²) in [6.45, 7) is 1.70. The molecule has 1 amide bonds. The first-order valence-corrected chi connectivity index (χ1v) is 9.93. The summed E-state index contributed by atoms with van der Waals surface area (Å²) in [7, 11) is -0.618. The highest BCUT2D eigenvalue weighted by Crippen LogP contribution is 2.23. The molecule has 25 heavy (non-hydrogen) atoms. The van der Waals surface area contributed by atoms with Gasteiger partial charge in [0.2, 0.25) is 15.9 Å². The van der Waals surface area contributed by atoms with E-state index in [1.807, 2.05) is 24.3 Å². The third kappa shape index (κ3) is 5.22. The second-order valence-corrected chi connectivity index (χ2v) is 8.10. The lowest BCUT2D eigenvalue weighted by atomic mass is 10.2. The molecular weight excluding hydrogens is 360 g/mol. The zero-order chi connectivity index (χ0) is 18.4. The van der Waals surface area contributed by atoms with Crippen LogP contribution in [-0.2, 0) is 14.8 Å². The molecule has 0 bridgehead atoms. The predicted octanol–water partition coefficient (Wildman–Crippen LogP) is 2.64. The van der Waals surface area contributed by atoms with Gasteiger partial charge in [-0.2, -0.15) is 0 Å². The Morgan fingerprint density at radius 1 is 1.16 bits per heavy atom. The highest BCUT2D eigenvalue weighted by Gasteiger charge is 2.15. The van der Waals surface area contributed by atoms with E-state index in [0.29, 0.717) is 11.3 Å². The number of rotatable bonds is 7. The van der Waals surface area contributed by atoms with Crippen molar-refractivity contribution in [1.29, 1.82) is 0 Å². The summed E-state index contributed by atoms with van der Waals surface area (Å²) < 4.78 is 31.3. The lowest BCUT2D eigenvalue weighted by molar-refractivity contribution is -0.113. The van der Waals surface area contributed by atoms with Gasteiger partial charge in [0.25, 0.3) is 0 Å². The van der Waals surface area contributed by atoms with Crippen molar-refractivity contribution in [2.45, 2.75) is 16.7 Å². The molecule has 0 radical (unpaired) electrons. The van der Waals surface area contributed by atoms with Gasteiger partial charge in [0.1, 0.15) is 5.75 Å². The van der Waals surface area contributed by atoms with Crippen LogP contribution in [0.2, 0.25) is 0 Å². The molecule has 0 saturated heterocycles. The van der Waals surface area contributed by atoms with Crippen LogP contribution in [-0.4, -0.2) is 34.2 Å². The quantitative estimate of drug-likeness (QED) is 0.722. The SMILES string of the molecule is CNS(=O)(=O)c1cc(NC(=O)CSc2ccc(OC)cc2)ccc1C. The van der Waals surface area contributed by atoms with E-state index >= 15 is 0 Å². The molecule has 0 heterocycles. The summed E-state index contributed by atoms with van der Waals surface area (Å²) in [6.07, 6.45) is 0. The Labute approximate surface area is 152 Å². The van der Waals surface area contributed by atoms with Crippen molar-refractivity contribution < 1.29 is 17.9 Å². The van der Waals surface area contributed by atoms with Crippen LogP contribution >= 0.6 is 11.8 Å². The number of carbonyl (C=O) groups is 1. The van der Waals surface area contributed by atoms with Gasteiger partial charge in [-0.3, -0.25) is 4.79 Å². The van der Waals surface area contributed by atoms with Crippen molar-refractivity contribution in [2.24, 2.45) is 0 Å². The van der Waals surface area contributed by atoms with Gasteiger partial charge < -0.3 is 10.1 Å². The first kappa shape index (κ1) is 19.3. The molecule has 0 atom stereocenters. The van der Waals surface area contributed by atoms with Crippen LogP contribution in [0.3, 0.4) is 0 Å². The number of anilines is 1. The number of benzene rings is 2. The van der Waals surface area contributed by atoms with Gasteiger partial charge in [0.15, 0.2) is 0 Å². The minimum atomic E-state index is -3.57. The van der Waals surface area contributed by atoms with E-state index < -0.39 is 10.0 Å². The fraction of sp³-hybridized carbons (Fsp3) is 0.235. The summed E-state index contributed by atoms with van der Waals surface area (Å²) >= 11 is 1.39. The maximum Gasteiger partial charge on any atom is 0.240 e. The standard InChI is InChI=1S/C17H20N2O4S2/c1-12-4-5-13(10-16(12)25(21,22)18-2)19-17(20)11-24-15-8-6-14(23-3)7-9-15/h4-10,18H,11H2,1-3H3,(H,19,20). The molecule has 2 rings (SSSR count). The third-order valence-electron chi connectivity index (χ3n) is 3.46. The number of thioether (sulfide) groups is 1. The Morgan fingerprint density at radius 3 is 2.44 bits per heavy atom. The summed E-state index contributed by atoms with van der Waals surface area (Å²) in [5.41, 5.74) is 1.06. The van der Waals surface area contributed by atoms with Crippen molar-refractivity contribution in [3.05, 3.63) is 48.0 Å². The van der Waals surface area contributed by atoms with Crippen molar-refractivity contribution >= 4 is 33.4 Å². The van der Waals surface area contributed by atoms with Gasteiger partial charge in [-0.15, -0.1) is 11.8 Å². The minimum Gasteiger partial charge on any atom is -0.497 e. The number of ether oxygens (including phenoxy) is 1. The number of aryl methyl sites for hydroxylation is 1. The molecule has 2 aromatic rings. The molecule has 0 aliphatic rings. The van der Waals surface area contributed by atoms with Gasteiger partial charge >= 0.3 is 0 Å². The topological polar surface area (TPSA) is 84.5 Å². The lowest BCUT2D eigenvalue weighted by Gasteiger charge is -2.10. The Hall–Kier alpha value is -2.03. The minimum absolute atomic E-state index is 0.149. The maximum atomic E-state index is 12.1. The second-order valence-electron chi connectivity index (χ2n) is 5.20. The summed E-state index contributed by atoms with van der Waals surface area (Å²) in [5.74, 6) is 0.762. The molecule has 6 nitrogen and oxygen atoms in total. The predicted molar refractivity (Wildman–Crippen MR) is 99.8 cm³/mol. The van der Waals surface area contributed by atoms with Crippen LogP contribution < -0.4 is 14.8 Å². The average molecular weight is 380 g/mol. The highest BCUT2D eigenvalue weighted by molar-refractivity contribution is 8.00. The van der Waals surface area contributed by atoms with E-state index in [4.69, 9.17) is 4.74 Å². The molecule has 0 unspecified atom stereocenters. The third-order valence-corrected chi connectivity index (χ3v) is 6.03. The molecule has 0 fully saturated rings. The molecule has 0 aliphatic heterocycles. The van der Waals surface area contributed by atoms with Crippen molar-refractivity contribution in [1.82, 2.24) is 4.72 Å². The van der Waals surface area contributed by atoms with Crippen LogP contribution in [0.5, 0.6) is 5.75 Å². The van der Waals surface area contributed by atoms with Crippen molar-refractivity contribution in [2.75, 3.05) is 25.2 Å². The number of sulfonamides is 1. The van der Waals surface area contributed by atoms with E-state index in [-0.39, 0.29) is 16.6 Å². The second kappa shape index (κ2) is 8.37. The van der Waals surface area contributed by atoms with Gasteiger partial charge in [-0.05, 0) is 55.9 Å². The van der Waals surface area contributed by atoms with Crippen LogP contribution in [0, 0.1) is 6.92 Å². The maximum absolute atomic E-state index is 12.1. The highest BCUT2D eigenvalue weighted by atomic mass is 32.2. The number of carbonyl (C=O) groups excluding carboxylic acids is 1. The molecule has 0 aromatic heterocycles. The normalized spacial score (nSPS) is 11.2. The first-order valence-electron chi connectivity index (χ1n) is 7.46. The molecule has 2 N–H and O–H groups in total. The van der Waals surface area contributed by atoms with Gasteiger partial charge in [0, 0.05) is 10.6 Å². The van der Waals surface area contributed by atoms with Crippen molar-refractivity contribution in [3.63, 3.8) is 0 Å². The number of hydrogen-bond donors (Lipinski definition) is 2. The molecule has 2 aromatic carbocycles. The van der Waals surface area contributed by atoms with E-state index in [9.17, 15) is 13.2 Å². The summed E-state index contributed by atoms with van der Waals surface area (Å²) in [5, 5.41) is 2.72. The van der Waals surface area contributed by atoms with Crippen molar-refractivity contribution in [3.8, 4) is 5.75 Å². The van der Waals surface area contributed by atoms with Crippen LogP contribution in [0.15, 0.2) is 52.3 Å². The Kier molecular flexibility index (Phi) is 6.46. The summed E-state index contributed by atoms with van der Waals surface area (Å²) in [4.78, 5) is 13.2. The molecule has 0 saturated carbocycles. The van der Waals surface area contributed by atoms with Gasteiger partial charge in [0.05, 0.1) is 17.8 Å². The lowest BCUT2D eigenvalue weighted by Crippen LogP contribution is -2.20. The fourth-order valence-corrected chi connectivity index (χ4v) is 3.79. The Bertz CT molecular complexity index is 849. The zero-order valence-corrected chi connectivity index (χ0v) is 15.8. The van der Waals surface area contributed by atoms with E-state index in [1.54, 1.807) is 26.2 Å². The first-order chi connectivity index (χ1) is 11.9. The number of hydrogen-bond acceptors (Lipinski definition) is 5. The largest absolute Gasteiger partial charge is 0.497 e. The van der Waals surface area contributed by atoms with E-state index in [0.717, 1.165) is 10.6 Å². The number of nitrogens with one attached hydrogen (secondary N) is 2. The van der Waals surface area contributed by atoms with Gasteiger partial charge in [-0.1, -0.05) is 6.07 Å². The molecule has 0 spiro atoms. The molecular formula is C17H20N2O4S2. The zero-order valence-electron chi connectivity index (χ0n) is 14.2. The monoisotopic (exact) mass is 380 g/mol. The summed E-state index contributed by atoms with van der Waals surface area (Å²) in [6, 6.07) is 12.2. The fourth-order valence-electron chi connectivity index (χ4n) is 2.10. The Morgan fingerprint density at radius 2 is 1.84 bits per heavy atom. The van der Waals surface area contributed by atoms with E-state index in [2.05, 4.69) is 10.0 Å². The Balaban J connectivity index is 2.01. The van der Waals surface area contributed by atoms with Crippen LogP contribution in [0.4, 0.5) is 5.69 Å². The van der Waals surface area contributed by atoms with Gasteiger partial charge in [-0.25, -0.2) is 13.1 Å².